The molecule has 6 heteroatoms. The minimum Gasteiger partial charge on any atom is -0.355 e. The van der Waals surface area contributed by atoms with Crippen LogP contribution in [0.2, 0.25) is 0 Å². The summed E-state index contributed by atoms with van der Waals surface area (Å²) in [6.07, 6.45) is 12.0. The molecule has 2 heterocycles. The predicted molar refractivity (Wildman–Crippen MR) is 76.6 cm³/mol. The van der Waals surface area contributed by atoms with E-state index >= 15 is 0 Å². The van der Waals surface area contributed by atoms with Gasteiger partial charge in [0.1, 0.15) is 6.29 Å². The molecular weight excluding hydrogens is 254 g/mol. The number of hydrogen-bond donors (Lipinski definition) is 3. The summed E-state index contributed by atoms with van der Waals surface area (Å²) in [5.41, 5.74) is 6.48. The summed E-state index contributed by atoms with van der Waals surface area (Å²) in [6, 6.07) is 0.231. The van der Waals surface area contributed by atoms with Crippen molar-refractivity contribution < 1.29 is 4.79 Å². The van der Waals surface area contributed by atoms with Crippen molar-refractivity contribution >= 4 is 18.2 Å². The molecule has 0 saturated carbocycles. The van der Waals surface area contributed by atoms with E-state index in [1.54, 1.807) is 6.20 Å². The Balaban J connectivity index is 1.83. The molecule has 1 aliphatic heterocycles. The highest BCUT2D eigenvalue weighted by atomic mass is 16.1. The number of carbonyl (C=O) groups is 1. The molecule has 0 amide bonds. The molecule has 3 rings (SSSR count). The van der Waals surface area contributed by atoms with Gasteiger partial charge in [-0.25, -0.2) is 0 Å². The van der Waals surface area contributed by atoms with E-state index in [1.807, 2.05) is 19.2 Å². The summed E-state index contributed by atoms with van der Waals surface area (Å²) >= 11 is 0. The van der Waals surface area contributed by atoms with Crippen LogP contribution in [0.1, 0.15) is 11.3 Å². The quantitative estimate of drug-likeness (QED) is 0.559. The molecule has 1 aromatic heterocycles. The number of nitrogens with one attached hydrogen (secondary N) is 3. The first-order valence-corrected chi connectivity index (χ1v) is 6.39. The first-order valence-electron chi connectivity index (χ1n) is 6.39. The average molecular weight is 269 g/mol. The molecule has 1 aromatic rings. The molecule has 0 aromatic carbocycles. The fourth-order valence-corrected chi connectivity index (χ4v) is 2.31. The summed E-state index contributed by atoms with van der Waals surface area (Å²) in [7, 11) is 0. The molecule has 1 aliphatic carbocycles. The topological polar surface area (TPSA) is 82.2 Å². The molecule has 0 fully saturated rings. The van der Waals surface area contributed by atoms with E-state index in [0.29, 0.717) is 0 Å². The number of aromatic nitrogens is 2. The van der Waals surface area contributed by atoms with E-state index in [4.69, 9.17) is 0 Å². The molecule has 0 saturated heterocycles. The number of fused-ring (bicyclic) bond motifs is 1. The lowest BCUT2D eigenvalue weighted by molar-refractivity contribution is -0.104. The third kappa shape index (κ3) is 2.27. The van der Waals surface area contributed by atoms with Crippen LogP contribution in [0.15, 0.2) is 41.3 Å². The van der Waals surface area contributed by atoms with E-state index < -0.39 is 0 Å². The second-order valence-electron chi connectivity index (χ2n) is 4.74. The van der Waals surface area contributed by atoms with E-state index in [9.17, 15) is 4.79 Å². The van der Waals surface area contributed by atoms with Gasteiger partial charge in [-0.15, -0.1) is 0 Å². The largest absolute Gasteiger partial charge is 0.355 e. The number of hydrogen-bond acceptors (Lipinski definition) is 5. The van der Waals surface area contributed by atoms with Crippen molar-refractivity contribution in [3.63, 3.8) is 0 Å². The van der Waals surface area contributed by atoms with Crippen molar-refractivity contribution in [2.24, 2.45) is 11.0 Å². The van der Waals surface area contributed by atoms with E-state index in [-0.39, 0.29) is 12.0 Å². The van der Waals surface area contributed by atoms with Crippen LogP contribution in [0.4, 0.5) is 0 Å². The molecule has 2 unspecified atom stereocenters. The van der Waals surface area contributed by atoms with Gasteiger partial charge in [0.25, 0.3) is 0 Å². The van der Waals surface area contributed by atoms with Gasteiger partial charge in [0, 0.05) is 35.2 Å². The molecule has 102 valence electrons. The normalized spacial score (nSPS) is 24.1. The summed E-state index contributed by atoms with van der Waals surface area (Å²) < 4.78 is 0. The number of allylic oxidation sites excluding steroid dienone is 2. The van der Waals surface area contributed by atoms with Crippen LogP contribution in [0.25, 0.3) is 5.70 Å². The first kappa shape index (κ1) is 12.4. The van der Waals surface area contributed by atoms with E-state index in [1.165, 1.54) is 6.08 Å². The second kappa shape index (κ2) is 5.16. The van der Waals surface area contributed by atoms with Crippen molar-refractivity contribution in [2.75, 3.05) is 0 Å². The first-order chi connectivity index (χ1) is 9.78. The van der Waals surface area contributed by atoms with Gasteiger partial charge in [0.15, 0.2) is 0 Å². The Bertz CT molecular complexity index is 638. The number of H-pyrrole nitrogens is 1. The fourth-order valence-electron chi connectivity index (χ4n) is 2.31. The van der Waals surface area contributed by atoms with Crippen molar-refractivity contribution in [1.82, 2.24) is 20.9 Å². The van der Waals surface area contributed by atoms with Gasteiger partial charge < -0.3 is 10.7 Å². The monoisotopic (exact) mass is 269 g/mol. The van der Waals surface area contributed by atoms with Gasteiger partial charge in [0.05, 0.1) is 17.9 Å². The van der Waals surface area contributed by atoms with Gasteiger partial charge in [-0.2, -0.15) is 10.2 Å². The minimum atomic E-state index is 0.231. The van der Waals surface area contributed by atoms with Crippen LogP contribution in [-0.2, 0) is 4.79 Å². The molecule has 6 nitrogen and oxygen atoms in total. The lowest BCUT2D eigenvalue weighted by Crippen LogP contribution is -2.28. The average Bonchev–Trinajstić information content (AvgIpc) is 3.06. The predicted octanol–water partition coefficient (Wildman–Crippen LogP) is 0.875. The van der Waals surface area contributed by atoms with Crippen LogP contribution < -0.4 is 10.7 Å². The highest BCUT2D eigenvalue weighted by molar-refractivity contribution is 5.82. The molecule has 3 N–H and O–H groups in total. The Morgan fingerprint density at radius 2 is 2.40 bits per heavy atom. The maximum Gasteiger partial charge on any atom is 0.144 e. The Kier molecular flexibility index (Phi) is 3.20. The number of carbonyl (C=O) groups excluding carboxylic acids is 1. The van der Waals surface area contributed by atoms with Crippen molar-refractivity contribution in [3.05, 3.63) is 47.5 Å². The summed E-state index contributed by atoms with van der Waals surface area (Å²) in [4.78, 5) is 10.8. The maximum atomic E-state index is 10.8. The summed E-state index contributed by atoms with van der Waals surface area (Å²) in [5.74, 6) is 0.241. The zero-order valence-corrected chi connectivity index (χ0v) is 11.0. The maximum absolute atomic E-state index is 10.8. The molecular formula is C14H15N5O. The SMILES string of the molecule is Cc1[nH]ncc1C(=CC=O)NC1=CC2C=NNC2C=C1. The number of aromatic amines is 1. The van der Waals surface area contributed by atoms with Crippen LogP contribution in [0, 0.1) is 12.8 Å². The molecule has 0 radical (unpaired) electrons. The number of rotatable bonds is 4. The zero-order valence-electron chi connectivity index (χ0n) is 11.0. The van der Waals surface area contributed by atoms with Crippen LogP contribution >= 0.6 is 0 Å². The third-order valence-electron chi connectivity index (χ3n) is 3.37. The van der Waals surface area contributed by atoms with Gasteiger partial charge in [0.2, 0.25) is 0 Å². The van der Waals surface area contributed by atoms with E-state index in [2.05, 4.69) is 38.2 Å². The lowest BCUT2D eigenvalue weighted by atomic mass is 9.96. The lowest BCUT2D eigenvalue weighted by Gasteiger charge is -2.19. The van der Waals surface area contributed by atoms with Crippen molar-refractivity contribution in [2.45, 2.75) is 13.0 Å². The number of nitrogens with zero attached hydrogens (tertiary/aromatic N) is 2. The van der Waals surface area contributed by atoms with Crippen molar-refractivity contribution in [1.29, 1.82) is 0 Å². The molecule has 2 aliphatic rings. The Hall–Kier alpha value is -2.63. The highest BCUT2D eigenvalue weighted by Crippen LogP contribution is 2.21. The number of aryl methyl sites for hydroxylation is 1. The van der Waals surface area contributed by atoms with Gasteiger partial charge in [-0.3, -0.25) is 9.89 Å². The third-order valence-corrected chi connectivity index (χ3v) is 3.37. The Labute approximate surface area is 116 Å². The second-order valence-corrected chi connectivity index (χ2v) is 4.74. The van der Waals surface area contributed by atoms with Gasteiger partial charge in [-0.05, 0) is 19.1 Å². The molecule has 20 heavy (non-hydrogen) atoms. The Morgan fingerprint density at radius 3 is 3.15 bits per heavy atom. The van der Waals surface area contributed by atoms with Crippen molar-refractivity contribution in [3.8, 4) is 0 Å². The smallest absolute Gasteiger partial charge is 0.144 e. The fraction of sp³-hybridized carbons (Fsp3) is 0.214. The van der Waals surface area contributed by atoms with Crippen LogP contribution in [0.5, 0.6) is 0 Å². The zero-order chi connectivity index (χ0) is 13.9. The van der Waals surface area contributed by atoms with Gasteiger partial charge in [-0.1, -0.05) is 6.08 Å². The van der Waals surface area contributed by atoms with E-state index in [0.717, 1.165) is 28.9 Å². The van der Waals surface area contributed by atoms with Crippen LogP contribution in [0.3, 0.4) is 0 Å². The molecule has 0 spiro atoms. The number of hydrazone groups is 1. The summed E-state index contributed by atoms with van der Waals surface area (Å²) in [6.45, 7) is 1.91. The van der Waals surface area contributed by atoms with Gasteiger partial charge >= 0.3 is 0 Å². The minimum absolute atomic E-state index is 0.231. The Morgan fingerprint density at radius 1 is 1.50 bits per heavy atom. The van der Waals surface area contributed by atoms with Crippen LogP contribution in [-0.4, -0.2) is 28.7 Å². The highest BCUT2D eigenvalue weighted by Gasteiger charge is 2.23. The number of aldehydes is 1. The summed E-state index contributed by atoms with van der Waals surface area (Å²) in [5, 5.41) is 14.2. The molecule has 0 bridgehead atoms. The standard InChI is InChI=1S/C14H15N5O/c1-9-12(8-16-18-9)14(4-5-20)17-11-2-3-13-10(6-11)7-15-19-13/h2-8,10,13,17,19H,1H3,(H,16,18). The molecule has 2 atom stereocenters.